The molecule has 1 heterocycles. The summed E-state index contributed by atoms with van der Waals surface area (Å²) in [5.74, 6) is -0.995. The van der Waals surface area contributed by atoms with Crippen LogP contribution in [0.15, 0.2) is 34.9 Å². The van der Waals surface area contributed by atoms with Gasteiger partial charge in [0.05, 0.1) is 12.3 Å². The highest BCUT2D eigenvalue weighted by Crippen LogP contribution is 2.26. The van der Waals surface area contributed by atoms with Gasteiger partial charge in [-0.1, -0.05) is 6.07 Å². The van der Waals surface area contributed by atoms with Gasteiger partial charge in [0.25, 0.3) is 0 Å². The van der Waals surface area contributed by atoms with E-state index in [0.29, 0.717) is 11.3 Å². The molecule has 1 aromatic heterocycles. The van der Waals surface area contributed by atoms with E-state index in [0.717, 1.165) is 11.6 Å². The molecule has 90 valence electrons. The van der Waals surface area contributed by atoms with Crippen LogP contribution < -0.4 is 5.32 Å². The third kappa shape index (κ3) is 2.22. The number of halogens is 2. The average molecular weight is 237 g/mol. The first kappa shape index (κ1) is 11.8. The van der Waals surface area contributed by atoms with Gasteiger partial charge in [-0.2, -0.15) is 0 Å². The fraction of sp³-hybridized carbons (Fsp3) is 0.231. The molecule has 0 aliphatic rings. The molecule has 1 atom stereocenters. The quantitative estimate of drug-likeness (QED) is 0.887. The number of furan rings is 1. The first-order chi connectivity index (χ1) is 8.13. The first-order valence-corrected chi connectivity index (χ1v) is 5.29. The van der Waals surface area contributed by atoms with Gasteiger partial charge in [0, 0.05) is 0 Å². The molecule has 0 saturated carbocycles. The topological polar surface area (TPSA) is 25.2 Å². The molecular formula is C13H13F2NO. The van der Waals surface area contributed by atoms with Gasteiger partial charge in [0.1, 0.15) is 5.76 Å². The lowest BCUT2D eigenvalue weighted by molar-refractivity contribution is 0.456. The van der Waals surface area contributed by atoms with Crippen molar-refractivity contribution in [3.63, 3.8) is 0 Å². The predicted octanol–water partition coefficient (Wildman–Crippen LogP) is 3.18. The van der Waals surface area contributed by atoms with E-state index >= 15 is 0 Å². The number of nitrogens with one attached hydrogen (secondary N) is 1. The van der Waals surface area contributed by atoms with Crippen LogP contribution in [0.25, 0.3) is 0 Å². The van der Waals surface area contributed by atoms with Crippen LogP contribution in [0, 0.1) is 18.6 Å². The van der Waals surface area contributed by atoms with Gasteiger partial charge in [0.15, 0.2) is 11.6 Å². The van der Waals surface area contributed by atoms with Gasteiger partial charge in [-0.25, -0.2) is 8.78 Å². The number of hydrogen-bond acceptors (Lipinski definition) is 2. The molecule has 17 heavy (non-hydrogen) atoms. The highest BCUT2D eigenvalue weighted by Gasteiger charge is 2.18. The predicted molar refractivity (Wildman–Crippen MR) is 60.7 cm³/mol. The third-order valence-corrected chi connectivity index (χ3v) is 2.73. The Balaban J connectivity index is 2.42. The fourth-order valence-electron chi connectivity index (χ4n) is 1.82. The zero-order valence-electron chi connectivity index (χ0n) is 9.63. The second-order valence-corrected chi connectivity index (χ2v) is 3.86. The Hall–Kier alpha value is -1.68. The monoisotopic (exact) mass is 237 g/mol. The minimum absolute atomic E-state index is 0.278. The zero-order chi connectivity index (χ0) is 12.4. The summed E-state index contributed by atoms with van der Waals surface area (Å²) in [6, 6.07) is 5.40. The second-order valence-electron chi connectivity index (χ2n) is 3.86. The van der Waals surface area contributed by atoms with Crippen LogP contribution in [0.5, 0.6) is 0 Å². The molecule has 0 radical (unpaired) electrons. The molecule has 0 bridgehead atoms. The molecule has 0 saturated heterocycles. The third-order valence-electron chi connectivity index (χ3n) is 2.73. The molecule has 1 N–H and O–H groups in total. The van der Waals surface area contributed by atoms with Crippen LogP contribution in [0.4, 0.5) is 8.78 Å². The maximum atomic E-state index is 13.2. The van der Waals surface area contributed by atoms with Crippen molar-refractivity contribution in [3.8, 4) is 0 Å². The van der Waals surface area contributed by atoms with Crippen LogP contribution in [-0.4, -0.2) is 7.05 Å². The van der Waals surface area contributed by atoms with Crippen molar-refractivity contribution in [2.45, 2.75) is 13.0 Å². The van der Waals surface area contributed by atoms with Gasteiger partial charge in [-0.05, 0) is 43.3 Å². The summed E-state index contributed by atoms with van der Waals surface area (Å²) in [7, 11) is 1.74. The van der Waals surface area contributed by atoms with E-state index in [2.05, 4.69) is 5.32 Å². The first-order valence-electron chi connectivity index (χ1n) is 5.29. The van der Waals surface area contributed by atoms with E-state index in [1.165, 1.54) is 6.07 Å². The molecule has 2 aromatic rings. The lowest BCUT2D eigenvalue weighted by Crippen LogP contribution is -2.18. The van der Waals surface area contributed by atoms with Gasteiger partial charge < -0.3 is 9.73 Å². The van der Waals surface area contributed by atoms with Crippen molar-refractivity contribution in [2.75, 3.05) is 7.05 Å². The SMILES string of the molecule is CNC(c1ccc(F)c(F)c1)c1occc1C. The number of aryl methyl sites for hydroxylation is 1. The van der Waals surface area contributed by atoms with E-state index in [1.807, 2.05) is 13.0 Å². The Kier molecular flexibility index (Phi) is 3.24. The van der Waals surface area contributed by atoms with Gasteiger partial charge in [-0.3, -0.25) is 0 Å². The van der Waals surface area contributed by atoms with Crippen LogP contribution in [0.2, 0.25) is 0 Å². The maximum absolute atomic E-state index is 13.2. The van der Waals surface area contributed by atoms with Crippen molar-refractivity contribution >= 4 is 0 Å². The summed E-state index contributed by atoms with van der Waals surface area (Å²) < 4.78 is 31.4. The van der Waals surface area contributed by atoms with Crippen LogP contribution in [0.1, 0.15) is 22.9 Å². The van der Waals surface area contributed by atoms with E-state index in [1.54, 1.807) is 19.4 Å². The standard InChI is InChI=1S/C13H13F2NO/c1-8-5-6-17-13(8)12(16-2)9-3-4-10(14)11(15)7-9/h3-7,12,16H,1-2H3. The zero-order valence-corrected chi connectivity index (χ0v) is 9.63. The summed E-state index contributed by atoms with van der Waals surface area (Å²) in [6.45, 7) is 1.91. The van der Waals surface area contributed by atoms with E-state index in [-0.39, 0.29) is 6.04 Å². The summed E-state index contributed by atoms with van der Waals surface area (Å²) >= 11 is 0. The Bertz CT molecular complexity index is 522. The molecule has 0 aliphatic heterocycles. The molecule has 4 heteroatoms. The normalized spacial score (nSPS) is 12.7. The summed E-state index contributed by atoms with van der Waals surface area (Å²) in [5.41, 5.74) is 1.60. The van der Waals surface area contributed by atoms with Crippen molar-refractivity contribution in [3.05, 3.63) is 59.1 Å². The van der Waals surface area contributed by atoms with Crippen LogP contribution in [0.3, 0.4) is 0 Å². The Morgan fingerprint density at radius 3 is 2.47 bits per heavy atom. The Morgan fingerprint density at radius 1 is 1.18 bits per heavy atom. The molecule has 2 nitrogen and oxygen atoms in total. The number of hydrogen-bond donors (Lipinski definition) is 1. The lowest BCUT2D eigenvalue weighted by Gasteiger charge is -2.15. The molecule has 2 rings (SSSR count). The number of rotatable bonds is 3. The molecular weight excluding hydrogens is 224 g/mol. The van der Waals surface area contributed by atoms with Crippen molar-refractivity contribution in [1.82, 2.24) is 5.32 Å². The smallest absolute Gasteiger partial charge is 0.159 e. The Labute approximate surface area is 98.3 Å². The van der Waals surface area contributed by atoms with Gasteiger partial charge >= 0.3 is 0 Å². The largest absolute Gasteiger partial charge is 0.467 e. The molecule has 0 fully saturated rings. The van der Waals surface area contributed by atoms with Crippen LogP contribution >= 0.6 is 0 Å². The van der Waals surface area contributed by atoms with E-state index < -0.39 is 11.6 Å². The van der Waals surface area contributed by atoms with E-state index in [4.69, 9.17) is 4.42 Å². The van der Waals surface area contributed by atoms with Crippen LogP contribution in [-0.2, 0) is 0 Å². The lowest BCUT2D eigenvalue weighted by atomic mass is 10.0. The molecule has 1 aromatic carbocycles. The minimum atomic E-state index is -0.855. The molecule has 0 amide bonds. The molecule has 0 aliphatic carbocycles. The summed E-state index contributed by atoms with van der Waals surface area (Å²) in [5, 5.41) is 3.03. The minimum Gasteiger partial charge on any atom is -0.467 e. The summed E-state index contributed by atoms with van der Waals surface area (Å²) in [6.07, 6.45) is 1.58. The van der Waals surface area contributed by atoms with E-state index in [9.17, 15) is 8.78 Å². The highest BCUT2D eigenvalue weighted by molar-refractivity contribution is 5.31. The van der Waals surface area contributed by atoms with Crippen molar-refractivity contribution in [1.29, 1.82) is 0 Å². The van der Waals surface area contributed by atoms with Crippen molar-refractivity contribution in [2.24, 2.45) is 0 Å². The highest BCUT2D eigenvalue weighted by atomic mass is 19.2. The summed E-state index contributed by atoms with van der Waals surface area (Å²) in [4.78, 5) is 0. The average Bonchev–Trinajstić information content (AvgIpc) is 2.71. The Morgan fingerprint density at radius 2 is 1.94 bits per heavy atom. The molecule has 0 spiro atoms. The fourth-order valence-corrected chi connectivity index (χ4v) is 1.82. The van der Waals surface area contributed by atoms with Gasteiger partial charge in [0.2, 0.25) is 0 Å². The number of benzene rings is 1. The second kappa shape index (κ2) is 4.67. The molecule has 1 unspecified atom stereocenters. The maximum Gasteiger partial charge on any atom is 0.159 e. The van der Waals surface area contributed by atoms with Crippen molar-refractivity contribution < 1.29 is 13.2 Å². The van der Waals surface area contributed by atoms with Gasteiger partial charge in [-0.15, -0.1) is 0 Å².